The topological polar surface area (TPSA) is 125 Å². The Morgan fingerprint density at radius 1 is 0.615 bits per heavy atom. The second-order valence-electron chi connectivity index (χ2n) is 14.4. The molecule has 280 valence electrons. The van der Waals surface area contributed by atoms with Crippen LogP contribution < -0.4 is 5.32 Å². The smallest absolute Gasteiger partial charge is 0.306 e. The quantitative estimate of drug-likeness (QED) is 0.0516. The van der Waals surface area contributed by atoms with E-state index in [0.29, 0.717) is 12.8 Å². The number of carbonyl (C=O) groups is 2. The number of aliphatic hydroxyl groups excluding tert-OH is 3. The second kappa shape index (κ2) is 21.0. The number of aryl methyl sites for hydroxylation is 2. The lowest BCUT2D eigenvalue weighted by Gasteiger charge is -2.42. The van der Waals surface area contributed by atoms with Crippen LogP contribution in [0, 0.1) is 0 Å². The van der Waals surface area contributed by atoms with Gasteiger partial charge in [-0.25, -0.2) is 0 Å². The van der Waals surface area contributed by atoms with Gasteiger partial charge in [-0.05, 0) is 71.2 Å². The molecule has 1 saturated heterocycles. The van der Waals surface area contributed by atoms with Crippen molar-refractivity contribution in [3.8, 4) is 0 Å². The van der Waals surface area contributed by atoms with Gasteiger partial charge in [0.1, 0.15) is 18.2 Å². The minimum atomic E-state index is -1.53. The highest BCUT2D eigenvalue weighted by molar-refractivity contribution is 5.83. The van der Waals surface area contributed by atoms with E-state index in [9.17, 15) is 24.9 Å². The highest BCUT2D eigenvalue weighted by Gasteiger charge is 2.47. The molecule has 0 spiro atoms. The van der Waals surface area contributed by atoms with Crippen molar-refractivity contribution in [2.45, 2.75) is 133 Å². The molecule has 1 amide bonds. The highest BCUT2D eigenvalue weighted by Crippen LogP contribution is 2.24. The monoisotopic (exact) mass is 711 g/mol. The summed E-state index contributed by atoms with van der Waals surface area (Å²) in [7, 11) is 0. The fourth-order valence-electron chi connectivity index (χ4n) is 7.26. The van der Waals surface area contributed by atoms with E-state index in [4.69, 9.17) is 9.47 Å². The van der Waals surface area contributed by atoms with Crippen LogP contribution in [0.5, 0.6) is 0 Å². The van der Waals surface area contributed by atoms with Crippen molar-refractivity contribution < 1.29 is 34.4 Å². The number of benzene rings is 4. The van der Waals surface area contributed by atoms with Crippen molar-refractivity contribution in [2.75, 3.05) is 6.61 Å². The number of esters is 1. The second-order valence-corrected chi connectivity index (χ2v) is 14.4. The molecule has 4 aromatic carbocycles. The zero-order valence-electron chi connectivity index (χ0n) is 30.5. The van der Waals surface area contributed by atoms with E-state index in [-0.39, 0.29) is 18.7 Å². The molecule has 0 saturated carbocycles. The third-order valence-corrected chi connectivity index (χ3v) is 10.3. The molecule has 4 N–H and O–H groups in total. The number of rotatable bonds is 21. The molecular weight excluding hydrogens is 654 g/mol. The van der Waals surface area contributed by atoms with E-state index in [1.54, 1.807) is 0 Å². The Balaban J connectivity index is 0.939. The lowest BCUT2D eigenvalue weighted by atomic mass is 9.96. The number of aliphatic hydroxyl groups is 3. The first-order chi connectivity index (χ1) is 25.4. The average molecular weight is 712 g/mol. The summed E-state index contributed by atoms with van der Waals surface area (Å²) >= 11 is 0. The zero-order valence-corrected chi connectivity index (χ0v) is 30.5. The molecule has 52 heavy (non-hydrogen) atoms. The van der Waals surface area contributed by atoms with Crippen LogP contribution in [0.3, 0.4) is 0 Å². The van der Waals surface area contributed by atoms with Crippen molar-refractivity contribution in [3.63, 3.8) is 0 Å². The number of hydrogen-bond donors (Lipinski definition) is 4. The summed E-state index contributed by atoms with van der Waals surface area (Å²) in [4.78, 5) is 25.6. The Morgan fingerprint density at radius 2 is 1.10 bits per heavy atom. The van der Waals surface area contributed by atoms with Crippen LogP contribution in [0.2, 0.25) is 0 Å². The fourth-order valence-corrected chi connectivity index (χ4v) is 7.26. The summed E-state index contributed by atoms with van der Waals surface area (Å²) in [6.45, 7) is -0.559. The van der Waals surface area contributed by atoms with Crippen LogP contribution in [0.4, 0.5) is 0 Å². The first-order valence-corrected chi connectivity index (χ1v) is 19.5. The van der Waals surface area contributed by atoms with Gasteiger partial charge in [0.2, 0.25) is 5.91 Å². The maximum absolute atomic E-state index is 12.8. The minimum absolute atomic E-state index is 0.171. The number of amides is 1. The van der Waals surface area contributed by atoms with E-state index in [0.717, 1.165) is 77.0 Å². The third kappa shape index (κ3) is 12.1. The van der Waals surface area contributed by atoms with Gasteiger partial charge in [0.15, 0.2) is 12.4 Å². The van der Waals surface area contributed by atoms with Gasteiger partial charge in [0.05, 0.1) is 6.61 Å². The first kappa shape index (κ1) is 39.4. The van der Waals surface area contributed by atoms with Crippen molar-refractivity contribution >= 4 is 33.4 Å². The number of fused-ring (bicyclic) bond motifs is 2. The maximum atomic E-state index is 12.8. The molecule has 5 rings (SSSR count). The van der Waals surface area contributed by atoms with E-state index < -0.39 is 43.2 Å². The molecule has 0 aliphatic carbocycles. The predicted molar refractivity (Wildman–Crippen MR) is 206 cm³/mol. The minimum Gasteiger partial charge on any atom is -0.457 e. The number of unbranched alkanes of at least 4 members (excludes halogenated alkanes) is 10. The number of nitrogens with one attached hydrogen (secondary N) is 1. The summed E-state index contributed by atoms with van der Waals surface area (Å²) in [5, 5.41) is 38.9. The molecule has 4 aromatic rings. The average Bonchev–Trinajstić information content (AvgIpc) is 3.16. The van der Waals surface area contributed by atoms with Crippen molar-refractivity contribution in [2.24, 2.45) is 0 Å². The Morgan fingerprint density at radius 3 is 1.63 bits per heavy atom. The van der Waals surface area contributed by atoms with Gasteiger partial charge in [-0.15, -0.1) is 0 Å². The molecular formula is C44H57NO7. The van der Waals surface area contributed by atoms with Crippen molar-refractivity contribution in [1.29, 1.82) is 0 Å². The van der Waals surface area contributed by atoms with Crippen LogP contribution in [0.25, 0.3) is 21.5 Å². The highest BCUT2D eigenvalue weighted by atomic mass is 16.6. The lowest BCUT2D eigenvalue weighted by molar-refractivity contribution is -0.258. The Hall–Kier alpha value is -3.82. The molecule has 0 radical (unpaired) electrons. The van der Waals surface area contributed by atoms with Gasteiger partial charge in [-0.2, -0.15) is 0 Å². The van der Waals surface area contributed by atoms with Crippen LogP contribution in [0.1, 0.15) is 101 Å². The van der Waals surface area contributed by atoms with Gasteiger partial charge >= 0.3 is 5.97 Å². The van der Waals surface area contributed by atoms with Gasteiger partial charge in [0, 0.05) is 12.8 Å². The van der Waals surface area contributed by atoms with Crippen molar-refractivity contribution in [1.82, 2.24) is 5.32 Å². The lowest BCUT2D eigenvalue weighted by Crippen LogP contribution is -2.65. The molecule has 1 fully saturated rings. The standard InChI is InChI=1S/C44H57NO7/c46-31-38-42(49)43(52-40(48)24-12-8-4-2-6-10-18-33-26-28-35-20-14-16-22-37(35)30-33)41(44(50)51-38)45-39(47)23-11-7-3-1-5-9-17-32-25-27-34-19-13-15-21-36(34)29-32/h13-16,19-22,25-30,38,41-44,46,49-50H,1-12,17-18,23-24,31H2,(H,45,47)/t38-,41+,42-,43-,44+/m1/s1. The van der Waals surface area contributed by atoms with E-state index in [1.165, 1.54) is 32.7 Å². The van der Waals surface area contributed by atoms with E-state index in [1.807, 2.05) is 0 Å². The molecule has 5 atom stereocenters. The summed E-state index contributed by atoms with van der Waals surface area (Å²) < 4.78 is 11.0. The number of ether oxygens (including phenoxy) is 2. The molecule has 0 unspecified atom stereocenters. The van der Waals surface area contributed by atoms with Crippen molar-refractivity contribution in [3.05, 3.63) is 96.1 Å². The van der Waals surface area contributed by atoms with Gasteiger partial charge in [0.25, 0.3) is 0 Å². The predicted octanol–water partition coefficient (Wildman–Crippen LogP) is 7.71. The van der Waals surface area contributed by atoms with E-state index in [2.05, 4.69) is 90.2 Å². The van der Waals surface area contributed by atoms with Gasteiger partial charge < -0.3 is 30.1 Å². The first-order valence-electron chi connectivity index (χ1n) is 19.5. The number of carbonyl (C=O) groups excluding carboxylic acids is 2. The molecule has 1 aliphatic heterocycles. The summed E-state index contributed by atoms with van der Waals surface area (Å²) in [6, 6.07) is 29.0. The number of hydrogen-bond acceptors (Lipinski definition) is 7. The van der Waals surface area contributed by atoms with Gasteiger partial charge in [-0.3, -0.25) is 9.59 Å². The third-order valence-electron chi connectivity index (χ3n) is 10.3. The fraction of sp³-hybridized carbons (Fsp3) is 0.500. The van der Waals surface area contributed by atoms with Crippen LogP contribution in [-0.2, 0) is 31.9 Å². The maximum Gasteiger partial charge on any atom is 0.306 e. The molecule has 8 nitrogen and oxygen atoms in total. The van der Waals surface area contributed by atoms with E-state index >= 15 is 0 Å². The normalized spacial score (nSPS) is 20.2. The SMILES string of the molecule is O=C(CCCCCCCCc1ccc2ccccc2c1)N[C@H]1[C@@H](OC(=O)CCCCCCCCc2ccc3ccccc3c2)[C@H](O)[C@@H](CO)O[C@@H]1O. The summed E-state index contributed by atoms with van der Waals surface area (Å²) in [5.74, 6) is -0.814. The Kier molecular flexibility index (Phi) is 15.9. The van der Waals surface area contributed by atoms with Crippen LogP contribution in [-0.4, -0.2) is 64.4 Å². The Bertz CT molecular complexity index is 1690. The largest absolute Gasteiger partial charge is 0.457 e. The van der Waals surface area contributed by atoms with Crippen LogP contribution >= 0.6 is 0 Å². The molecule has 1 heterocycles. The molecule has 0 aromatic heterocycles. The zero-order chi connectivity index (χ0) is 36.5. The summed E-state index contributed by atoms with van der Waals surface area (Å²) in [6.07, 6.45) is 9.13. The molecule has 1 aliphatic rings. The van der Waals surface area contributed by atoms with Gasteiger partial charge in [-0.1, -0.05) is 136 Å². The summed E-state index contributed by atoms with van der Waals surface area (Å²) in [5.41, 5.74) is 2.72. The van der Waals surface area contributed by atoms with Crippen LogP contribution in [0.15, 0.2) is 84.9 Å². The Labute approximate surface area is 308 Å². The molecule has 8 heteroatoms. The molecule has 0 bridgehead atoms.